The number of anilines is 1. The molecule has 0 spiro atoms. The second kappa shape index (κ2) is 5.79. The second-order valence-corrected chi connectivity index (χ2v) is 6.80. The van der Waals surface area contributed by atoms with Crippen molar-refractivity contribution in [2.75, 3.05) is 5.32 Å². The van der Waals surface area contributed by atoms with Gasteiger partial charge in [0.25, 0.3) is 0 Å². The Balaban J connectivity index is 1.60. The van der Waals surface area contributed by atoms with E-state index in [4.69, 9.17) is 23.2 Å². The maximum absolute atomic E-state index is 12.7. The number of pyridine rings is 2. The first-order valence-electron chi connectivity index (χ1n) is 7.66. The standard InChI is InChI=1S/C16H14Cl2N4O2/c17-11-2-4-13(20-15(11)18)21-16(24)22-9-1-3-12(22)10-7-19-14(23)6-8(10)5-9/h2,4,6-7,9,12H,1,3,5H2,(H,19,23)(H,20,21,24). The Labute approximate surface area is 147 Å². The van der Waals surface area contributed by atoms with E-state index >= 15 is 0 Å². The van der Waals surface area contributed by atoms with Crippen molar-refractivity contribution >= 4 is 35.1 Å². The summed E-state index contributed by atoms with van der Waals surface area (Å²) >= 11 is 11.7. The average Bonchev–Trinajstić information content (AvgIpc) is 2.86. The largest absolute Gasteiger partial charge is 0.329 e. The molecule has 24 heavy (non-hydrogen) atoms. The molecule has 2 amide bonds. The molecule has 6 nitrogen and oxygen atoms in total. The summed E-state index contributed by atoms with van der Waals surface area (Å²) in [6.45, 7) is 0. The molecule has 2 bridgehead atoms. The first-order chi connectivity index (χ1) is 11.5. The van der Waals surface area contributed by atoms with Crippen LogP contribution < -0.4 is 10.9 Å². The van der Waals surface area contributed by atoms with Crippen molar-refractivity contribution in [2.24, 2.45) is 0 Å². The molecule has 2 aliphatic heterocycles. The molecular formula is C16H14Cl2N4O2. The van der Waals surface area contributed by atoms with Crippen LogP contribution in [-0.2, 0) is 6.42 Å². The maximum atomic E-state index is 12.7. The molecule has 0 aromatic carbocycles. The number of carbonyl (C=O) groups is 1. The lowest BCUT2D eigenvalue weighted by Gasteiger charge is -2.35. The first kappa shape index (κ1) is 15.5. The maximum Gasteiger partial charge on any atom is 0.323 e. The highest BCUT2D eigenvalue weighted by atomic mass is 35.5. The van der Waals surface area contributed by atoms with Crippen molar-refractivity contribution in [1.82, 2.24) is 14.9 Å². The number of H-pyrrole nitrogens is 1. The van der Waals surface area contributed by atoms with E-state index in [9.17, 15) is 9.59 Å². The van der Waals surface area contributed by atoms with Gasteiger partial charge in [0.2, 0.25) is 5.56 Å². The van der Waals surface area contributed by atoms with Crippen LogP contribution in [0.4, 0.5) is 10.6 Å². The van der Waals surface area contributed by atoms with E-state index in [0.717, 1.165) is 24.0 Å². The summed E-state index contributed by atoms with van der Waals surface area (Å²) in [7, 11) is 0. The van der Waals surface area contributed by atoms with Crippen LogP contribution in [0.2, 0.25) is 10.2 Å². The van der Waals surface area contributed by atoms with Crippen molar-refractivity contribution in [3.05, 3.63) is 56.1 Å². The molecule has 8 heteroatoms. The van der Waals surface area contributed by atoms with Crippen LogP contribution in [0, 0.1) is 0 Å². The van der Waals surface area contributed by atoms with Crippen molar-refractivity contribution in [2.45, 2.75) is 31.3 Å². The Bertz CT molecular complexity index is 883. The van der Waals surface area contributed by atoms with Crippen LogP contribution in [0.5, 0.6) is 0 Å². The molecule has 124 valence electrons. The van der Waals surface area contributed by atoms with E-state index in [1.54, 1.807) is 24.4 Å². The van der Waals surface area contributed by atoms with Crippen molar-refractivity contribution in [1.29, 1.82) is 0 Å². The van der Waals surface area contributed by atoms with Crippen LogP contribution in [0.25, 0.3) is 0 Å². The molecule has 2 aromatic heterocycles. The topological polar surface area (TPSA) is 78.1 Å². The smallest absolute Gasteiger partial charge is 0.323 e. The summed E-state index contributed by atoms with van der Waals surface area (Å²) in [5.74, 6) is 0.362. The van der Waals surface area contributed by atoms with Gasteiger partial charge >= 0.3 is 6.03 Å². The summed E-state index contributed by atoms with van der Waals surface area (Å²) < 4.78 is 0. The number of hydrogen-bond donors (Lipinski definition) is 2. The quantitative estimate of drug-likeness (QED) is 0.761. The fourth-order valence-electron chi connectivity index (χ4n) is 3.62. The van der Waals surface area contributed by atoms with E-state index in [2.05, 4.69) is 15.3 Å². The number of aromatic nitrogens is 2. The third-order valence-electron chi connectivity index (χ3n) is 4.64. The van der Waals surface area contributed by atoms with Gasteiger partial charge in [-0.1, -0.05) is 23.2 Å². The molecule has 4 rings (SSSR count). The molecule has 0 aliphatic carbocycles. The Kier molecular flexibility index (Phi) is 3.73. The van der Waals surface area contributed by atoms with Gasteiger partial charge in [-0.2, -0.15) is 0 Å². The normalized spacial score (nSPS) is 21.5. The van der Waals surface area contributed by atoms with Crippen LogP contribution in [-0.4, -0.2) is 26.9 Å². The molecule has 2 N–H and O–H groups in total. The lowest BCUT2D eigenvalue weighted by Crippen LogP contribution is -2.44. The average molecular weight is 365 g/mol. The number of halogens is 2. The molecule has 2 aliphatic rings. The second-order valence-electron chi connectivity index (χ2n) is 6.04. The van der Waals surface area contributed by atoms with Gasteiger partial charge in [-0.05, 0) is 42.5 Å². The van der Waals surface area contributed by atoms with Gasteiger partial charge in [0.15, 0.2) is 0 Å². The van der Waals surface area contributed by atoms with E-state index < -0.39 is 0 Å². The molecule has 2 unspecified atom stereocenters. The Hall–Kier alpha value is -2.05. The highest BCUT2D eigenvalue weighted by molar-refractivity contribution is 6.41. The summed E-state index contributed by atoms with van der Waals surface area (Å²) in [6.07, 6.45) is 4.21. The number of rotatable bonds is 1. The number of urea groups is 1. The third kappa shape index (κ3) is 2.56. The predicted octanol–water partition coefficient (Wildman–Crippen LogP) is 3.37. The fourth-order valence-corrected chi connectivity index (χ4v) is 3.88. The molecule has 1 saturated heterocycles. The van der Waals surface area contributed by atoms with E-state index in [0.29, 0.717) is 17.3 Å². The zero-order chi connectivity index (χ0) is 16.8. The minimum atomic E-state index is -0.217. The predicted molar refractivity (Wildman–Crippen MR) is 91.6 cm³/mol. The highest BCUT2D eigenvalue weighted by Crippen LogP contribution is 2.43. The van der Waals surface area contributed by atoms with Crippen molar-refractivity contribution < 1.29 is 4.79 Å². The molecule has 1 fully saturated rings. The van der Waals surface area contributed by atoms with Gasteiger partial charge < -0.3 is 9.88 Å². The zero-order valence-corrected chi connectivity index (χ0v) is 14.1. The van der Waals surface area contributed by atoms with Crippen LogP contribution >= 0.6 is 23.2 Å². The number of aromatic amines is 1. The lowest BCUT2D eigenvalue weighted by atomic mass is 9.95. The monoisotopic (exact) mass is 364 g/mol. The van der Waals surface area contributed by atoms with Crippen LogP contribution in [0.1, 0.15) is 30.0 Å². The van der Waals surface area contributed by atoms with Crippen LogP contribution in [0.3, 0.4) is 0 Å². The van der Waals surface area contributed by atoms with Gasteiger partial charge in [-0.3, -0.25) is 10.1 Å². The number of hydrogen-bond acceptors (Lipinski definition) is 3. The SMILES string of the molecule is O=C(Nc1ccc(Cl)c(Cl)n1)N1C2CCC1c1c[nH]c(=O)cc1C2. The van der Waals surface area contributed by atoms with Crippen molar-refractivity contribution in [3.8, 4) is 0 Å². The summed E-state index contributed by atoms with van der Waals surface area (Å²) in [6, 6.07) is 4.69. The molecule has 2 aromatic rings. The van der Waals surface area contributed by atoms with E-state index in [-0.39, 0.29) is 28.8 Å². The lowest BCUT2D eigenvalue weighted by molar-refractivity contribution is 0.179. The van der Waals surface area contributed by atoms with Gasteiger partial charge in [-0.25, -0.2) is 9.78 Å². The Morgan fingerprint density at radius 2 is 2.17 bits per heavy atom. The van der Waals surface area contributed by atoms with Gasteiger partial charge in [0.05, 0.1) is 11.1 Å². The minimum absolute atomic E-state index is 0.0293. The number of nitrogens with zero attached hydrogens (tertiary/aromatic N) is 2. The summed E-state index contributed by atoms with van der Waals surface area (Å²) in [4.78, 5) is 32.8. The molecule has 0 saturated carbocycles. The minimum Gasteiger partial charge on any atom is -0.329 e. The van der Waals surface area contributed by atoms with Gasteiger partial charge in [-0.15, -0.1) is 0 Å². The number of amides is 2. The van der Waals surface area contributed by atoms with Crippen molar-refractivity contribution in [3.63, 3.8) is 0 Å². The van der Waals surface area contributed by atoms with Crippen LogP contribution in [0.15, 0.2) is 29.2 Å². The van der Waals surface area contributed by atoms with Gasteiger partial charge in [0, 0.05) is 18.3 Å². The number of fused-ring (bicyclic) bond motifs is 4. The molecule has 4 heterocycles. The summed E-state index contributed by atoms with van der Waals surface area (Å²) in [5.41, 5.74) is 1.94. The molecular weight excluding hydrogens is 351 g/mol. The molecule has 2 atom stereocenters. The highest BCUT2D eigenvalue weighted by Gasteiger charge is 2.42. The Morgan fingerprint density at radius 1 is 1.33 bits per heavy atom. The number of carbonyl (C=O) groups excluding carboxylic acids is 1. The summed E-state index contributed by atoms with van der Waals surface area (Å²) in [5, 5.41) is 3.27. The van der Waals surface area contributed by atoms with E-state index in [1.165, 1.54) is 0 Å². The Morgan fingerprint density at radius 3 is 2.96 bits per heavy atom. The number of nitrogens with one attached hydrogen (secondary N) is 2. The zero-order valence-electron chi connectivity index (χ0n) is 12.6. The van der Waals surface area contributed by atoms with E-state index in [1.807, 2.05) is 4.90 Å². The third-order valence-corrected chi connectivity index (χ3v) is 5.33. The first-order valence-corrected chi connectivity index (χ1v) is 8.41. The molecule has 0 radical (unpaired) electrons. The fraction of sp³-hybridized carbons (Fsp3) is 0.312. The van der Waals surface area contributed by atoms with Gasteiger partial charge in [0.1, 0.15) is 11.0 Å².